The van der Waals surface area contributed by atoms with Crippen LogP contribution < -0.4 is 14.8 Å². The first-order valence-corrected chi connectivity index (χ1v) is 9.59. The van der Waals surface area contributed by atoms with E-state index in [0.29, 0.717) is 11.5 Å². The van der Waals surface area contributed by atoms with Gasteiger partial charge in [0.05, 0.1) is 6.16 Å². The van der Waals surface area contributed by atoms with Crippen molar-refractivity contribution in [2.24, 2.45) is 11.7 Å². The van der Waals surface area contributed by atoms with E-state index in [1.165, 1.54) is 0 Å². The zero-order valence-corrected chi connectivity index (χ0v) is 14.5. The van der Waals surface area contributed by atoms with Crippen LogP contribution in [0.15, 0.2) is 60.7 Å². The van der Waals surface area contributed by atoms with Gasteiger partial charge in [0.1, 0.15) is 11.5 Å². The maximum atomic E-state index is 13.3. The first-order valence-electron chi connectivity index (χ1n) is 7.86. The molecule has 0 spiro atoms. The molecule has 2 atom stereocenters. The van der Waals surface area contributed by atoms with Crippen molar-refractivity contribution in [3.63, 3.8) is 0 Å². The Bertz CT molecular complexity index is 588. The number of rotatable bonds is 8. The molecule has 0 aromatic heterocycles. The molecule has 23 heavy (non-hydrogen) atoms. The Morgan fingerprint density at radius 3 is 1.78 bits per heavy atom. The second-order valence-corrected chi connectivity index (χ2v) is 7.60. The predicted molar refractivity (Wildman–Crippen MR) is 94.0 cm³/mol. The molecular formula is C18H24NO3P. The Morgan fingerprint density at radius 2 is 1.39 bits per heavy atom. The molecule has 0 saturated heterocycles. The fourth-order valence-electron chi connectivity index (χ4n) is 2.12. The SMILES string of the molecule is CCC(C)[C@@H](N)CP(=O)(Oc1ccccc1)Oc1ccccc1. The van der Waals surface area contributed by atoms with Gasteiger partial charge in [-0.05, 0) is 30.2 Å². The molecule has 2 N–H and O–H groups in total. The summed E-state index contributed by atoms with van der Waals surface area (Å²) in [5.74, 6) is 1.27. The van der Waals surface area contributed by atoms with E-state index in [-0.39, 0.29) is 18.1 Å². The number of benzene rings is 2. The molecule has 0 radical (unpaired) electrons. The van der Waals surface area contributed by atoms with Crippen LogP contribution in [0.3, 0.4) is 0 Å². The molecule has 1 unspecified atom stereocenters. The molecule has 0 aliphatic carbocycles. The lowest BCUT2D eigenvalue weighted by molar-refractivity contribution is 0.368. The topological polar surface area (TPSA) is 61.6 Å². The Kier molecular flexibility index (Phi) is 6.26. The fourth-order valence-corrected chi connectivity index (χ4v) is 4.07. The molecule has 0 saturated carbocycles. The minimum Gasteiger partial charge on any atom is -0.416 e. The third-order valence-corrected chi connectivity index (χ3v) is 5.63. The highest BCUT2D eigenvalue weighted by Gasteiger charge is 2.32. The van der Waals surface area contributed by atoms with E-state index in [4.69, 9.17) is 14.8 Å². The van der Waals surface area contributed by atoms with Crippen LogP contribution in [0.4, 0.5) is 0 Å². The van der Waals surface area contributed by atoms with Gasteiger partial charge in [0.2, 0.25) is 0 Å². The Balaban J connectivity index is 2.20. The van der Waals surface area contributed by atoms with Crippen LogP contribution in [0, 0.1) is 5.92 Å². The number of para-hydroxylation sites is 2. The zero-order chi connectivity index (χ0) is 16.7. The van der Waals surface area contributed by atoms with Gasteiger partial charge in [0.25, 0.3) is 0 Å². The van der Waals surface area contributed by atoms with E-state index in [2.05, 4.69) is 6.92 Å². The van der Waals surface area contributed by atoms with E-state index in [1.54, 1.807) is 24.3 Å². The summed E-state index contributed by atoms with van der Waals surface area (Å²) in [5.41, 5.74) is 6.19. The van der Waals surface area contributed by atoms with Crippen molar-refractivity contribution in [1.29, 1.82) is 0 Å². The molecule has 0 fully saturated rings. The average molecular weight is 333 g/mol. The quantitative estimate of drug-likeness (QED) is 0.711. The highest BCUT2D eigenvalue weighted by atomic mass is 31.2. The van der Waals surface area contributed by atoms with Crippen molar-refractivity contribution < 1.29 is 13.6 Å². The van der Waals surface area contributed by atoms with E-state index in [9.17, 15) is 4.57 Å². The van der Waals surface area contributed by atoms with Gasteiger partial charge in [-0.15, -0.1) is 0 Å². The third kappa shape index (κ3) is 5.42. The molecule has 0 heterocycles. The number of nitrogens with two attached hydrogens (primary N) is 1. The molecule has 5 heteroatoms. The monoisotopic (exact) mass is 333 g/mol. The van der Waals surface area contributed by atoms with Gasteiger partial charge in [-0.3, -0.25) is 0 Å². The van der Waals surface area contributed by atoms with Crippen LogP contribution in [0.2, 0.25) is 0 Å². The van der Waals surface area contributed by atoms with E-state index >= 15 is 0 Å². The van der Waals surface area contributed by atoms with Crippen molar-refractivity contribution in [3.8, 4) is 11.5 Å². The fraction of sp³-hybridized carbons (Fsp3) is 0.333. The largest absolute Gasteiger partial charge is 0.432 e. The summed E-state index contributed by atoms with van der Waals surface area (Å²) < 4.78 is 24.7. The normalized spacial score (nSPS) is 14.0. The Labute approximate surface area is 138 Å². The minimum absolute atomic E-state index is 0.172. The molecule has 0 amide bonds. The third-order valence-electron chi connectivity index (χ3n) is 3.78. The minimum atomic E-state index is -3.41. The highest BCUT2D eigenvalue weighted by molar-refractivity contribution is 7.54. The van der Waals surface area contributed by atoms with Gasteiger partial charge in [0, 0.05) is 6.04 Å². The zero-order valence-electron chi connectivity index (χ0n) is 13.6. The molecule has 2 aromatic rings. The average Bonchev–Trinajstić information content (AvgIpc) is 2.55. The molecule has 0 aliphatic rings. The molecule has 4 nitrogen and oxygen atoms in total. The smallest absolute Gasteiger partial charge is 0.416 e. The molecule has 2 aromatic carbocycles. The summed E-state index contributed by atoms with van der Waals surface area (Å²) in [6.07, 6.45) is 1.09. The van der Waals surface area contributed by atoms with Crippen LogP contribution in [-0.2, 0) is 4.57 Å². The summed E-state index contributed by atoms with van der Waals surface area (Å²) in [5, 5.41) is 0. The van der Waals surface area contributed by atoms with Crippen molar-refractivity contribution >= 4 is 7.60 Å². The molecular weight excluding hydrogens is 309 g/mol. The van der Waals surface area contributed by atoms with Gasteiger partial charge in [-0.1, -0.05) is 56.7 Å². The van der Waals surface area contributed by atoms with Gasteiger partial charge in [-0.2, -0.15) is 0 Å². The lowest BCUT2D eigenvalue weighted by atomic mass is 10.0. The van der Waals surface area contributed by atoms with E-state index < -0.39 is 7.60 Å². The van der Waals surface area contributed by atoms with E-state index in [1.807, 2.05) is 43.3 Å². The Morgan fingerprint density at radius 1 is 0.957 bits per heavy atom. The lowest BCUT2D eigenvalue weighted by Crippen LogP contribution is -2.33. The van der Waals surface area contributed by atoms with Crippen molar-refractivity contribution in [3.05, 3.63) is 60.7 Å². The van der Waals surface area contributed by atoms with Crippen LogP contribution in [0.25, 0.3) is 0 Å². The summed E-state index contributed by atoms with van der Waals surface area (Å²) in [6, 6.07) is 17.9. The van der Waals surface area contributed by atoms with Gasteiger partial charge in [0.15, 0.2) is 0 Å². The summed E-state index contributed by atoms with van der Waals surface area (Å²) in [7, 11) is -3.41. The maximum Gasteiger partial charge on any atom is 0.432 e. The number of hydrogen-bond donors (Lipinski definition) is 1. The summed E-state index contributed by atoms with van der Waals surface area (Å²) in [6.45, 7) is 4.10. The lowest BCUT2D eigenvalue weighted by Gasteiger charge is -2.25. The van der Waals surface area contributed by atoms with Crippen molar-refractivity contribution in [2.75, 3.05) is 6.16 Å². The van der Waals surface area contributed by atoms with Gasteiger partial charge < -0.3 is 14.8 Å². The van der Waals surface area contributed by atoms with E-state index in [0.717, 1.165) is 6.42 Å². The molecule has 2 rings (SSSR count). The first-order chi connectivity index (χ1) is 11.0. The summed E-state index contributed by atoms with van der Waals surface area (Å²) >= 11 is 0. The molecule has 0 aliphatic heterocycles. The maximum absolute atomic E-state index is 13.3. The first kappa shape index (κ1) is 17.6. The second kappa shape index (κ2) is 8.19. The second-order valence-electron chi connectivity index (χ2n) is 5.65. The highest BCUT2D eigenvalue weighted by Crippen LogP contribution is 2.49. The molecule has 0 bridgehead atoms. The van der Waals surface area contributed by atoms with Crippen LogP contribution >= 0.6 is 7.60 Å². The standard InChI is InChI=1S/C18H24NO3P/c1-3-15(2)18(19)14-23(20,21-16-10-6-4-7-11-16)22-17-12-8-5-9-13-17/h4-13,15,18H,3,14,19H2,1-2H3/t15?,18-/m0/s1. The number of hydrogen-bond acceptors (Lipinski definition) is 4. The van der Waals surface area contributed by atoms with Gasteiger partial charge in [-0.25, -0.2) is 4.57 Å². The molecule has 124 valence electrons. The van der Waals surface area contributed by atoms with Crippen molar-refractivity contribution in [2.45, 2.75) is 26.3 Å². The summed E-state index contributed by atoms with van der Waals surface area (Å²) in [4.78, 5) is 0. The van der Waals surface area contributed by atoms with Crippen LogP contribution in [0.5, 0.6) is 11.5 Å². The van der Waals surface area contributed by atoms with Crippen LogP contribution in [-0.4, -0.2) is 12.2 Å². The van der Waals surface area contributed by atoms with Crippen molar-refractivity contribution in [1.82, 2.24) is 0 Å². The predicted octanol–water partition coefficient (Wildman–Crippen LogP) is 4.71. The van der Waals surface area contributed by atoms with Crippen LogP contribution in [0.1, 0.15) is 20.3 Å². The Hall–Kier alpha value is -1.77. The van der Waals surface area contributed by atoms with Gasteiger partial charge >= 0.3 is 7.60 Å².